The minimum atomic E-state index is -4.97. The number of aromatic nitrogens is 1. The van der Waals surface area contributed by atoms with Crippen LogP contribution in [-0.4, -0.2) is 184 Å². The number of H-pyrrole nitrogens is 1. The summed E-state index contributed by atoms with van der Waals surface area (Å²) in [4.78, 5) is 100. The van der Waals surface area contributed by atoms with Crippen molar-refractivity contribution in [3.8, 4) is 11.1 Å². The SMILES string of the molecule is C[C@@H]1CN(c2ccc(-c3cc(CN4CCN(CCNC(=O)CCOCCOCCOCCNc5cccc6c5C(=O)N(C5CCC(=O)NC5=O)C6=O)CC4)ccc3F)cc2NC(=O)c2c[nH]c(=O)cc2C(F)(F)F)C[C@H](C)N1C. The van der Waals surface area contributed by atoms with Gasteiger partial charge in [-0.3, -0.25) is 58.5 Å². The number of rotatable bonds is 23. The molecule has 4 aliphatic heterocycles. The highest BCUT2D eigenvalue weighted by Gasteiger charge is 2.46. The lowest BCUT2D eigenvalue weighted by Crippen LogP contribution is -2.55. The topological polar surface area (TPSA) is 227 Å². The molecule has 5 N–H and O–H groups in total. The van der Waals surface area contributed by atoms with Gasteiger partial charge in [-0.05, 0) is 74.8 Å². The van der Waals surface area contributed by atoms with Crippen LogP contribution in [0.1, 0.15) is 75.3 Å². The molecule has 79 heavy (non-hydrogen) atoms. The molecule has 20 nitrogen and oxygen atoms in total. The van der Waals surface area contributed by atoms with Gasteiger partial charge in [0.1, 0.15) is 11.9 Å². The van der Waals surface area contributed by atoms with Gasteiger partial charge in [-0.25, -0.2) is 4.39 Å². The van der Waals surface area contributed by atoms with Gasteiger partial charge in [0.2, 0.25) is 23.3 Å². The van der Waals surface area contributed by atoms with Gasteiger partial charge in [0.15, 0.2) is 0 Å². The quantitative estimate of drug-likeness (QED) is 0.0399. The molecule has 3 atom stereocenters. The van der Waals surface area contributed by atoms with Gasteiger partial charge in [0.05, 0.1) is 73.3 Å². The van der Waals surface area contributed by atoms with E-state index in [2.05, 4.69) is 54.8 Å². The summed E-state index contributed by atoms with van der Waals surface area (Å²) in [7, 11) is 2.01. The van der Waals surface area contributed by atoms with E-state index in [1.54, 1.807) is 42.5 Å². The molecule has 1 unspecified atom stereocenters. The molecule has 8 rings (SSSR count). The second-order valence-corrected chi connectivity index (χ2v) is 20.0. The van der Waals surface area contributed by atoms with Gasteiger partial charge in [0.25, 0.3) is 17.7 Å². The largest absolute Gasteiger partial charge is 0.417 e. The Balaban J connectivity index is 0.711. The van der Waals surface area contributed by atoms with Crippen LogP contribution < -0.4 is 31.7 Å². The maximum Gasteiger partial charge on any atom is 0.417 e. The van der Waals surface area contributed by atoms with Crippen LogP contribution in [0.3, 0.4) is 0 Å². The molecule has 1 aromatic heterocycles. The molecule has 0 radical (unpaired) electrons. The van der Waals surface area contributed by atoms with Gasteiger partial charge in [-0.15, -0.1) is 0 Å². The zero-order chi connectivity index (χ0) is 56.4. The molecule has 424 valence electrons. The van der Waals surface area contributed by atoms with E-state index in [0.29, 0.717) is 88.7 Å². The van der Waals surface area contributed by atoms with E-state index < -0.39 is 64.3 Å². The number of likely N-dealkylation sites (N-methyl/N-ethyl adjacent to an activating group) is 1. The lowest BCUT2D eigenvalue weighted by molar-refractivity contribution is -0.138. The van der Waals surface area contributed by atoms with Gasteiger partial charge >= 0.3 is 6.18 Å². The summed E-state index contributed by atoms with van der Waals surface area (Å²) in [6.45, 7) is 11.9. The van der Waals surface area contributed by atoms with E-state index in [4.69, 9.17) is 14.2 Å². The number of halogens is 4. The third-order valence-electron chi connectivity index (χ3n) is 14.6. The third-order valence-corrected chi connectivity index (χ3v) is 14.6. The van der Waals surface area contributed by atoms with Crippen molar-refractivity contribution in [1.82, 2.24) is 35.2 Å². The molecule has 0 saturated carbocycles. The van der Waals surface area contributed by atoms with Gasteiger partial charge in [-0.2, -0.15) is 13.2 Å². The predicted molar refractivity (Wildman–Crippen MR) is 284 cm³/mol. The number of hydrogen-bond donors (Lipinski definition) is 5. The monoisotopic (exact) mass is 1100 g/mol. The first-order valence-electron chi connectivity index (χ1n) is 26.4. The molecular formula is C55H66F4N10O10. The van der Waals surface area contributed by atoms with Crippen LogP contribution in [0.25, 0.3) is 11.1 Å². The third kappa shape index (κ3) is 14.6. The number of carbonyl (C=O) groups is 6. The molecule has 0 bridgehead atoms. The number of imide groups is 2. The first-order valence-corrected chi connectivity index (χ1v) is 26.4. The van der Waals surface area contributed by atoms with Crippen molar-refractivity contribution in [3.05, 3.63) is 111 Å². The van der Waals surface area contributed by atoms with Crippen LogP contribution >= 0.6 is 0 Å². The molecule has 4 aliphatic rings. The maximum absolute atomic E-state index is 15.7. The predicted octanol–water partition coefficient (Wildman–Crippen LogP) is 4.17. The summed E-state index contributed by atoms with van der Waals surface area (Å²) in [6.07, 6.45) is -3.92. The maximum atomic E-state index is 15.7. The zero-order valence-electron chi connectivity index (χ0n) is 44.3. The lowest BCUT2D eigenvalue weighted by Gasteiger charge is -2.44. The van der Waals surface area contributed by atoms with E-state index in [0.717, 1.165) is 42.8 Å². The summed E-state index contributed by atoms with van der Waals surface area (Å²) in [5, 5.41) is 10.9. The number of benzene rings is 3. The number of alkyl halides is 3. The van der Waals surface area contributed by atoms with Crippen molar-refractivity contribution in [3.63, 3.8) is 0 Å². The lowest BCUT2D eigenvalue weighted by atomic mass is 9.99. The number of piperazine rings is 2. The zero-order valence-corrected chi connectivity index (χ0v) is 44.3. The Kier molecular flexibility index (Phi) is 19.3. The minimum Gasteiger partial charge on any atom is -0.382 e. The number of nitrogens with one attached hydrogen (secondary N) is 5. The van der Waals surface area contributed by atoms with Crippen LogP contribution in [0.15, 0.2) is 71.7 Å². The van der Waals surface area contributed by atoms with Crippen molar-refractivity contribution in [2.75, 3.05) is 121 Å². The molecule has 24 heteroatoms. The fourth-order valence-corrected chi connectivity index (χ4v) is 10.2. The molecule has 3 fully saturated rings. The van der Waals surface area contributed by atoms with Crippen LogP contribution in [0, 0.1) is 5.82 Å². The number of amides is 6. The van der Waals surface area contributed by atoms with Crippen LogP contribution in [-0.2, 0) is 41.3 Å². The highest BCUT2D eigenvalue weighted by molar-refractivity contribution is 6.25. The molecule has 0 aliphatic carbocycles. The standard InChI is InChI=1S/C55H66F4N10O10/c1-34-31-68(32-35(2)65(34)3)45-10-8-37(28-44(45)63-51(73)40-30-62-49(72)29-41(40)55(57,58)59)39-27-36(7-9-42(39)56)33-67-19-17-66(18-20-67)16-14-61-47(70)13-21-77-23-25-79-26-24-78-22-15-60-43-6-4-5-38-50(43)54(76)69(53(38)75)46-11-12-48(71)64-52(46)74/h4-10,27-30,34-35,46,60H,11-26,31-33H2,1-3H3,(H,61,70)(H,62,72)(H,63,73)(H,64,71,74)/t34-,35+,46?. The number of nitrogens with zero attached hydrogens (tertiary/aromatic N) is 5. The highest BCUT2D eigenvalue weighted by Crippen LogP contribution is 2.37. The second-order valence-electron chi connectivity index (χ2n) is 20.0. The summed E-state index contributed by atoms with van der Waals surface area (Å²) >= 11 is 0. The number of piperidine rings is 1. The first kappa shape index (κ1) is 58.1. The Morgan fingerprint density at radius 2 is 1.47 bits per heavy atom. The van der Waals surface area contributed by atoms with Crippen molar-refractivity contribution < 1.29 is 60.5 Å². The van der Waals surface area contributed by atoms with Crippen molar-refractivity contribution in [2.45, 2.75) is 64.0 Å². The van der Waals surface area contributed by atoms with Crippen LogP contribution in [0.2, 0.25) is 0 Å². The number of anilines is 3. The minimum absolute atomic E-state index is 0.0363. The molecule has 4 aromatic rings. The first-order chi connectivity index (χ1) is 37.9. The Labute approximate surface area is 454 Å². The number of aromatic amines is 1. The highest BCUT2D eigenvalue weighted by atomic mass is 19.4. The van der Waals surface area contributed by atoms with E-state index in [-0.39, 0.29) is 72.8 Å². The van der Waals surface area contributed by atoms with E-state index >= 15 is 4.39 Å². The normalized spacial score (nSPS) is 19.4. The Morgan fingerprint density at radius 1 is 0.772 bits per heavy atom. The number of fused-ring (bicyclic) bond motifs is 1. The number of carbonyl (C=O) groups excluding carboxylic acids is 6. The molecule has 3 saturated heterocycles. The Hall–Kier alpha value is -7.09. The van der Waals surface area contributed by atoms with Gasteiger partial charge in [-0.1, -0.05) is 18.2 Å². The molecule has 5 heterocycles. The Morgan fingerprint density at radius 3 is 2.18 bits per heavy atom. The smallest absolute Gasteiger partial charge is 0.382 e. The van der Waals surface area contributed by atoms with E-state index in [1.807, 2.05) is 11.9 Å². The molecule has 3 aromatic carbocycles. The van der Waals surface area contributed by atoms with Gasteiger partial charge in [0, 0.05) is 114 Å². The summed E-state index contributed by atoms with van der Waals surface area (Å²) in [5.41, 5.74) is -0.0424. The van der Waals surface area contributed by atoms with Crippen LogP contribution in [0.5, 0.6) is 0 Å². The number of hydrogen-bond acceptors (Lipinski definition) is 15. The fourth-order valence-electron chi connectivity index (χ4n) is 10.2. The van der Waals surface area contributed by atoms with E-state index in [9.17, 15) is 46.7 Å². The molecular weight excluding hydrogens is 1040 g/mol. The number of ether oxygens (including phenoxy) is 3. The average molecular weight is 1100 g/mol. The van der Waals surface area contributed by atoms with Crippen molar-refractivity contribution in [1.29, 1.82) is 0 Å². The second kappa shape index (κ2) is 26.2. The van der Waals surface area contributed by atoms with E-state index in [1.165, 1.54) is 12.1 Å². The summed E-state index contributed by atoms with van der Waals surface area (Å²) < 4.78 is 74.5. The average Bonchev–Trinajstić information content (AvgIpc) is 3.92. The van der Waals surface area contributed by atoms with Crippen molar-refractivity contribution >= 4 is 52.5 Å². The van der Waals surface area contributed by atoms with Gasteiger partial charge < -0.3 is 40.0 Å². The van der Waals surface area contributed by atoms with Crippen LogP contribution in [0.4, 0.5) is 34.6 Å². The number of pyridine rings is 1. The molecule has 6 amide bonds. The molecule has 0 spiro atoms. The fraction of sp³-hybridized carbons (Fsp3) is 0.473. The Bertz CT molecular complexity index is 2940. The summed E-state index contributed by atoms with van der Waals surface area (Å²) in [6, 6.07) is 14.3. The van der Waals surface area contributed by atoms with Crippen molar-refractivity contribution in [2.24, 2.45) is 0 Å². The summed E-state index contributed by atoms with van der Waals surface area (Å²) in [5.74, 6) is -4.00.